The zero-order chi connectivity index (χ0) is 12.8. The minimum atomic E-state index is 0.179. The van der Waals surface area contributed by atoms with Gasteiger partial charge in [0.1, 0.15) is 15.8 Å². The van der Waals surface area contributed by atoms with Crippen LogP contribution in [0.25, 0.3) is 10.2 Å². The third-order valence-electron chi connectivity index (χ3n) is 2.72. The molecule has 0 fully saturated rings. The van der Waals surface area contributed by atoms with Crippen molar-refractivity contribution in [1.82, 2.24) is 9.97 Å². The molecule has 0 aliphatic heterocycles. The largest absolute Gasteiger partial charge is 0.222 e. The molecular weight excluding hydrogens is 252 g/mol. The number of halogens is 1. The predicted octanol–water partition coefficient (Wildman–Crippen LogP) is 4.55. The standard InChI is InChI=1S/C13H17ClN2S/c1-7-8(2)17-12-10(7)11(14)15-9(16-12)6-13(3,4)5/h6H2,1-5H3. The van der Waals surface area contributed by atoms with Crippen LogP contribution in [0.4, 0.5) is 0 Å². The Balaban J connectivity index is 2.56. The Labute approximate surface area is 111 Å². The first-order valence-corrected chi connectivity index (χ1v) is 6.89. The van der Waals surface area contributed by atoms with Gasteiger partial charge in [0.15, 0.2) is 0 Å². The molecule has 0 spiro atoms. The molecule has 0 amide bonds. The van der Waals surface area contributed by atoms with Crippen molar-refractivity contribution in [2.24, 2.45) is 5.41 Å². The smallest absolute Gasteiger partial charge is 0.141 e. The van der Waals surface area contributed by atoms with E-state index in [0.29, 0.717) is 5.15 Å². The molecule has 0 saturated heterocycles. The molecule has 0 aromatic carbocycles. The Morgan fingerprint density at radius 3 is 2.41 bits per heavy atom. The van der Waals surface area contributed by atoms with Crippen molar-refractivity contribution < 1.29 is 0 Å². The van der Waals surface area contributed by atoms with Gasteiger partial charge in [-0.15, -0.1) is 11.3 Å². The summed E-state index contributed by atoms with van der Waals surface area (Å²) in [6.45, 7) is 10.7. The number of fused-ring (bicyclic) bond motifs is 1. The molecule has 0 atom stereocenters. The van der Waals surface area contributed by atoms with Gasteiger partial charge in [-0.2, -0.15) is 0 Å². The lowest BCUT2D eigenvalue weighted by atomic mass is 9.92. The highest BCUT2D eigenvalue weighted by Gasteiger charge is 2.17. The zero-order valence-electron chi connectivity index (χ0n) is 10.9. The summed E-state index contributed by atoms with van der Waals surface area (Å²) in [5, 5.41) is 1.61. The van der Waals surface area contributed by atoms with Gasteiger partial charge in [-0.3, -0.25) is 0 Å². The van der Waals surface area contributed by atoms with Gasteiger partial charge in [-0.05, 0) is 24.8 Å². The maximum atomic E-state index is 6.27. The van der Waals surface area contributed by atoms with Crippen molar-refractivity contribution in [2.45, 2.75) is 41.0 Å². The Morgan fingerprint density at radius 2 is 1.82 bits per heavy atom. The highest BCUT2D eigenvalue weighted by Crippen LogP contribution is 2.33. The van der Waals surface area contributed by atoms with Gasteiger partial charge in [-0.25, -0.2) is 9.97 Å². The number of nitrogens with zero attached hydrogens (tertiary/aromatic N) is 2. The molecule has 2 rings (SSSR count). The molecule has 0 N–H and O–H groups in total. The van der Waals surface area contributed by atoms with E-state index in [2.05, 4.69) is 44.6 Å². The first-order valence-electron chi connectivity index (χ1n) is 5.70. The maximum Gasteiger partial charge on any atom is 0.141 e. The van der Waals surface area contributed by atoms with Crippen LogP contribution in [0.1, 0.15) is 37.0 Å². The van der Waals surface area contributed by atoms with E-state index in [1.165, 1.54) is 10.4 Å². The van der Waals surface area contributed by atoms with E-state index in [-0.39, 0.29) is 5.41 Å². The highest BCUT2D eigenvalue weighted by atomic mass is 35.5. The summed E-state index contributed by atoms with van der Waals surface area (Å²) < 4.78 is 0. The molecule has 2 aromatic rings. The average Bonchev–Trinajstić information content (AvgIpc) is 2.39. The summed E-state index contributed by atoms with van der Waals surface area (Å²) in [7, 11) is 0. The van der Waals surface area contributed by atoms with Crippen LogP contribution in [-0.4, -0.2) is 9.97 Å². The lowest BCUT2D eigenvalue weighted by molar-refractivity contribution is 0.401. The van der Waals surface area contributed by atoms with Crippen molar-refractivity contribution in [1.29, 1.82) is 0 Å². The van der Waals surface area contributed by atoms with E-state index in [9.17, 15) is 0 Å². The van der Waals surface area contributed by atoms with Crippen LogP contribution in [0.3, 0.4) is 0 Å². The molecule has 92 valence electrons. The summed E-state index contributed by atoms with van der Waals surface area (Å²) in [5.74, 6) is 0.844. The van der Waals surface area contributed by atoms with Gasteiger partial charge in [0.2, 0.25) is 0 Å². The molecule has 17 heavy (non-hydrogen) atoms. The van der Waals surface area contributed by atoms with Crippen molar-refractivity contribution in [2.75, 3.05) is 0 Å². The lowest BCUT2D eigenvalue weighted by Gasteiger charge is -2.16. The highest BCUT2D eigenvalue weighted by molar-refractivity contribution is 7.18. The molecule has 2 nitrogen and oxygen atoms in total. The Bertz CT molecular complexity index is 567. The number of thiophene rings is 1. The van der Waals surface area contributed by atoms with E-state index in [0.717, 1.165) is 22.5 Å². The van der Waals surface area contributed by atoms with E-state index < -0.39 is 0 Å². The number of rotatable bonds is 1. The third-order valence-corrected chi connectivity index (χ3v) is 4.09. The van der Waals surface area contributed by atoms with Crippen LogP contribution in [0.2, 0.25) is 5.15 Å². The molecule has 0 saturated carbocycles. The van der Waals surface area contributed by atoms with E-state index in [4.69, 9.17) is 11.6 Å². The lowest BCUT2D eigenvalue weighted by Crippen LogP contribution is -2.12. The van der Waals surface area contributed by atoms with Crippen LogP contribution in [-0.2, 0) is 6.42 Å². The zero-order valence-corrected chi connectivity index (χ0v) is 12.5. The molecule has 0 bridgehead atoms. The number of aromatic nitrogens is 2. The summed E-state index contributed by atoms with van der Waals surface area (Å²) in [6.07, 6.45) is 0.846. The quantitative estimate of drug-likeness (QED) is 0.709. The summed E-state index contributed by atoms with van der Waals surface area (Å²) in [5.41, 5.74) is 1.38. The van der Waals surface area contributed by atoms with Crippen LogP contribution in [0.5, 0.6) is 0 Å². The first-order chi connectivity index (χ1) is 7.78. The van der Waals surface area contributed by atoms with E-state index in [1.807, 2.05) is 0 Å². The maximum absolute atomic E-state index is 6.27. The van der Waals surface area contributed by atoms with E-state index in [1.54, 1.807) is 11.3 Å². The second-order valence-electron chi connectivity index (χ2n) is 5.63. The number of hydrogen-bond acceptors (Lipinski definition) is 3. The molecule has 0 aliphatic carbocycles. The minimum absolute atomic E-state index is 0.179. The first kappa shape index (κ1) is 12.8. The molecule has 0 unspecified atom stereocenters. The molecule has 0 aliphatic rings. The van der Waals surface area contributed by atoms with E-state index >= 15 is 0 Å². The van der Waals surface area contributed by atoms with Crippen molar-refractivity contribution >= 4 is 33.2 Å². The second kappa shape index (κ2) is 4.21. The molecule has 0 radical (unpaired) electrons. The molecule has 4 heteroatoms. The van der Waals surface area contributed by atoms with Crippen molar-refractivity contribution in [3.63, 3.8) is 0 Å². The second-order valence-corrected chi connectivity index (χ2v) is 7.19. The number of hydrogen-bond donors (Lipinski definition) is 0. The number of aryl methyl sites for hydroxylation is 2. The SMILES string of the molecule is Cc1sc2nc(CC(C)(C)C)nc(Cl)c2c1C. The van der Waals surface area contributed by atoms with Crippen molar-refractivity contribution in [3.05, 3.63) is 21.4 Å². The summed E-state index contributed by atoms with van der Waals surface area (Å²) in [4.78, 5) is 11.3. The average molecular weight is 269 g/mol. The van der Waals surface area contributed by atoms with Crippen LogP contribution in [0, 0.1) is 19.3 Å². The van der Waals surface area contributed by atoms with Crippen LogP contribution in [0.15, 0.2) is 0 Å². The van der Waals surface area contributed by atoms with Gasteiger partial charge >= 0.3 is 0 Å². The minimum Gasteiger partial charge on any atom is -0.222 e. The Kier molecular flexibility index (Phi) is 3.17. The van der Waals surface area contributed by atoms with Crippen molar-refractivity contribution in [3.8, 4) is 0 Å². The fourth-order valence-corrected chi connectivity index (χ4v) is 3.23. The van der Waals surface area contributed by atoms with Crippen LogP contribution >= 0.6 is 22.9 Å². The molecular formula is C13H17ClN2S. The normalized spacial score (nSPS) is 12.4. The third kappa shape index (κ3) is 2.61. The monoisotopic (exact) mass is 268 g/mol. The Hall–Kier alpha value is -0.670. The van der Waals surface area contributed by atoms with Gasteiger partial charge in [-0.1, -0.05) is 32.4 Å². The topological polar surface area (TPSA) is 25.8 Å². The summed E-state index contributed by atoms with van der Waals surface area (Å²) >= 11 is 7.96. The summed E-state index contributed by atoms with van der Waals surface area (Å²) in [6, 6.07) is 0. The van der Waals surface area contributed by atoms with Gasteiger partial charge < -0.3 is 0 Å². The molecule has 2 heterocycles. The van der Waals surface area contributed by atoms with Crippen LogP contribution < -0.4 is 0 Å². The fraction of sp³-hybridized carbons (Fsp3) is 0.538. The fourth-order valence-electron chi connectivity index (χ4n) is 1.80. The van der Waals surface area contributed by atoms with Gasteiger partial charge in [0.25, 0.3) is 0 Å². The Morgan fingerprint density at radius 1 is 1.18 bits per heavy atom. The van der Waals surface area contributed by atoms with Gasteiger partial charge in [0, 0.05) is 11.3 Å². The molecule has 2 aromatic heterocycles. The van der Waals surface area contributed by atoms with Gasteiger partial charge in [0.05, 0.1) is 5.39 Å². The predicted molar refractivity (Wildman–Crippen MR) is 75.1 cm³/mol.